The van der Waals surface area contributed by atoms with E-state index in [1.807, 2.05) is 13.0 Å². The fraction of sp³-hybridized carbons (Fsp3) is 0.500. The average molecular weight is 405 g/mol. The molecule has 0 bridgehead atoms. The molecule has 7 heteroatoms. The highest BCUT2D eigenvalue weighted by molar-refractivity contribution is 6.04. The van der Waals surface area contributed by atoms with Crippen LogP contribution >= 0.6 is 0 Å². The number of esters is 1. The zero-order valence-electron chi connectivity index (χ0n) is 17.6. The van der Waals surface area contributed by atoms with E-state index in [0.717, 1.165) is 24.3 Å². The van der Waals surface area contributed by atoms with Crippen LogP contribution in [0.5, 0.6) is 0 Å². The SMILES string of the molecule is C=CCCCCOC(C)C(=O)NN(C(=O)CCC)c1ccccc1C(=O)OCC. The van der Waals surface area contributed by atoms with Crippen molar-refractivity contribution in [1.82, 2.24) is 5.43 Å². The molecule has 0 radical (unpaired) electrons. The molecule has 0 saturated heterocycles. The number of hydrogen-bond acceptors (Lipinski definition) is 5. The van der Waals surface area contributed by atoms with Crippen LogP contribution in [0, 0.1) is 0 Å². The van der Waals surface area contributed by atoms with Gasteiger partial charge in [0.25, 0.3) is 5.91 Å². The molecular weight excluding hydrogens is 372 g/mol. The molecule has 160 valence electrons. The van der Waals surface area contributed by atoms with Gasteiger partial charge >= 0.3 is 5.97 Å². The predicted molar refractivity (Wildman–Crippen MR) is 112 cm³/mol. The van der Waals surface area contributed by atoms with Gasteiger partial charge in [0.2, 0.25) is 5.91 Å². The van der Waals surface area contributed by atoms with Gasteiger partial charge in [0.05, 0.1) is 17.9 Å². The minimum atomic E-state index is -0.745. The third kappa shape index (κ3) is 8.07. The first kappa shape index (κ1) is 24.4. The number of carbonyl (C=O) groups excluding carboxylic acids is 3. The normalized spacial score (nSPS) is 11.4. The number of anilines is 1. The van der Waals surface area contributed by atoms with E-state index in [2.05, 4.69) is 12.0 Å². The van der Waals surface area contributed by atoms with Gasteiger partial charge in [0.1, 0.15) is 6.10 Å². The second-order valence-corrected chi connectivity index (χ2v) is 6.49. The van der Waals surface area contributed by atoms with Gasteiger partial charge in [-0.2, -0.15) is 0 Å². The van der Waals surface area contributed by atoms with Gasteiger partial charge in [-0.05, 0) is 51.7 Å². The number of allylic oxidation sites excluding steroid dienone is 1. The molecule has 1 atom stereocenters. The molecule has 1 aromatic carbocycles. The van der Waals surface area contributed by atoms with Gasteiger partial charge < -0.3 is 9.47 Å². The van der Waals surface area contributed by atoms with E-state index in [9.17, 15) is 14.4 Å². The van der Waals surface area contributed by atoms with Crippen LogP contribution in [0.1, 0.15) is 63.2 Å². The summed E-state index contributed by atoms with van der Waals surface area (Å²) >= 11 is 0. The van der Waals surface area contributed by atoms with Crippen molar-refractivity contribution in [1.29, 1.82) is 0 Å². The molecule has 1 aromatic rings. The Morgan fingerprint density at radius 3 is 2.59 bits per heavy atom. The third-order valence-corrected chi connectivity index (χ3v) is 4.12. The molecule has 29 heavy (non-hydrogen) atoms. The summed E-state index contributed by atoms with van der Waals surface area (Å²) in [7, 11) is 0. The van der Waals surface area contributed by atoms with E-state index < -0.39 is 18.0 Å². The largest absolute Gasteiger partial charge is 0.462 e. The lowest BCUT2D eigenvalue weighted by molar-refractivity contribution is -0.134. The van der Waals surface area contributed by atoms with Crippen molar-refractivity contribution in [2.75, 3.05) is 18.2 Å². The number of nitrogens with zero attached hydrogens (tertiary/aromatic N) is 1. The van der Waals surface area contributed by atoms with Crippen molar-refractivity contribution >= 4 is 23.5 Å². The van der Waals surface area contributed by atoms with Crippen LogP contribution in [0.25, 0.3) is 0 Å². The lowest BCUT2D eigenvalue weighted by Gasteiger charge is -2.26. The Morgan fingerprint density at radius 2 is 1.93 bits per heavy atom. The Kier molecular flexibility index (Phi) is 11.3. The lowest BCUT2D eigenvalue weighted by Crippen LogP contribution is -2.50. The fourth-order valence-electron chi connectivity index (χ4n) is 2.56. The molecule has 0 heterocycles. The third-order valence-electron chi connectivity index (χ3n) is 4.12. The van der Waals surface area contributed by atoms with Crippen LogP contribution in [-0.2, 0) is 19.1 Å². The topological polar surface area (TPSA) is 84.9 Å². The Labute approximate surface area is 173 Å². The monoisotopic (exact) mass is 404 g/mol. The van der Waals surface area contributed by atoms with Crippen molar-refractivity contribution in [3.63, 3.8) is 0 Å². The van der Waals surface area contributed by atoms with Crippen LogP contribution < -0.4 is 10.4 Å². The van der Waals surface area contributed by atoms with Crippen LogP contribution in [0.15, 0.2) is 36.9 Å². The van der Waals surface area contributed by atoms with Crippen molar-refractivity contribution < 1.29 is 23.9 Å². The van der Waals surface area contributed by atoms with Gasteiger partial charge in [0.15, 0.2) is 0 Å². The first-order valence-electron chi connectivity index (χ1n) is 10.1. The second kappa shape index (κ2) is 13.5. The van der Waals surface area contributed by atoms with E-state index in [-0.39, 0.29) is 30.2 Å². The van der Waals surface area contributed by atoms with E-state index in [0.29, 0.717) is 13.0 Å². The summed E-state index contributed by atoms with van der Waals surface area (Å²) < 4.78 is 10.6. The number of ether oxygens (including phenoxy) is 2. The van der Waals surface area contributed by atoms with E-state index in [1.54, 1.807) is 38.1 Å². The van der Waals surface area contributed by atoms with E-state index in [4.69, 9.17) is 9.47 Å². The van der Waals surface area contributed by atoms with Gasteiger partial charge in [-0.15, -0.1) is 6.58 Å². The van der Waals surface area contributed by atoms with Gasteiger partial charge in [0, 0.05) is 13.0 Å². The molecule has 2 amide bonds. The Bertz CT molecular complexity index is 690. The molecule has 0 aliphatic heterocycles. The Balaban J connectivity index is 2.95. The molecule has 0 saturated carbocycles. The van der Waals surface area contributed by atoms with Crippen molar-refractivity contribution in [3.05, 3.63) is 42.5 Å². The van der Waals surface area contributed by atoms with Crippen LogP contribution in [0.3, 0.4) is 0 Å². The number of amides is 2. The van der Waals surface area contributed by atoms with Gasteiger partial charge in [-0.25, -0.2) is 9.80 Å². The molecule has 0 aromatic heterocycles. The van der Waals surface area contributed by atoms with Crippen molar-refractivity contribution in [3.8, 4) is 0 Å². The molecule has 1 N–H and O–H groups in total. The Hall–Kier alpha value is -2.67. The van der Waals surface area contributed by atoms with Crippen LogP contribution in [-0.4, -0.2) is 37.1 Å². The highest BCUT2D eigenvalue weighted by Gasteiger charge is 2.25. The average Bonchev–Trinajstić information content (AvgIpc) is 2.71. The maximum atomic E-state index is 12.7. The predicted octanol–water partition coefficient (Wildman–Crippen LogP) is 3.79. The zero-order chi connectivity index (χ0) is 21.6. The van der Waals surface area contributed by atoms with Crippen LogP contribution in [0.4, 0.5) is 5.69 Å². The zero-order valence-corrected chi connectivity index (χ0v) is 17.6. The molecule has 1 unspecified atom stereocenters. The number of hydrogen-bond donors (Lipinski definition) is 1. The molecule has 7 nitrogen and oxygen atoms in total. The highest BCUT2D eigenvalue weighted by atomic mass is 16.5. The summed E-state index contributed by atoms with van der Waals surface area (Å²) in [4.78, 5) is 37.6. The summed E-state index contributed by atoms with van der Waals surface area (Å²) in [5.74, 6) is -1.34. The van der Waals surface area contributed by atoms with Gasteiger partial charge in [-0.1, -0.05) is 25.1 Å². The lowest BCUT2D eigenvalue weighted by atomic mass is 10.1. The fourth-order valence-corrected chi connectivity index (χ4v) is 2.56. The number of nitrogens with one attached hydrogen (secondary N) is 1. The molecule has 1 rings (SSSR count). The number of carbonyl (C=O) groups is 3. The molecular formula is C22H32N2O5. The smallest absolute Gasteiger partial charge is 0.340 e. The summed E-state index contributed by atoms with van der Waals surface area (Å²) in [6, 6.07) is 6.52. The number of para-hydroxylation sites is 1. The first-order chi connectivity index (χ1) is 14.0. The van der Waals surface area contributed by atoms with E-state index in [1.165, 1.54) is 0 Å². The molecule has 0 spiro atoms. The van der Waals surface area contributed by atoms with Crippen LogP contribution in [0.2, 0.25) is 0 Å². The summed E-state index contributed by atoms with van der Waals surface area (Å²) in [6.45, 7) is 9.51. The maximum absolute atomic E-state index is 12.7. The number of rotatable bonds is 12. The highest BCUT2D eigenvalue weighted by Crippen LogP contribution is 2.21. The van der Waals surface area contributed by atoms with E-state index >= 15 is 0 Å². The van der Waals surface area contributed by atoms with Gasteiger partial charge in [-0.3, -0.25) is 15.0 Å². The molecule has 0 aliphatic rings. The summed E-state index contributed by atoms with van der Waals surface area (Å²) in [5, 5.41) is 1.12. The molecule has 0 fully saturated rings. The second-order valence-electron chi connectivity index (χ2n) is 6.49. The van der Waals surface area contributed by atoms with Crippen molar-refractivity contribution in [2.45, 2.75) is 59.0 Å². The summed E-state index contributed by atoms with van der Waals surface area (Å²) in [6.07, 6.45) is 4.56. The van der Waals surface area contributed by atoms with Crippen molar-refractivity contribution in [2.24, 2.45) is 0 Å². The number of hydrazine groups is 1. The Morgan fingerprint density at radius 1 is 1.21 bits per heavy atom. The quantitative estimate of drug-likeness (QED) is 0.248. The number of unbranched alkanes of at least 4 members (excludes halogenated alkanes) is 2. The standard InChI is InChI=1S/C22H32N2O5/c1-5-8-9-12-16-29-17(4)21(26)23-24(20(25)13-6-2)19-15-11-10-14-18(19)22(27)28-7-3/h5,10-11,14-15,17H,1,6-9,12-13,16H2,2-4H3,(H,23,26). The number of benzene rings is 1. The summed E-state index contributed by atoms with van der Waals surface area (Å²) in [5.41, 5.74) is 3.08. The minimum Gasteiger partial charge on any atom is -0.462 e. The minimum absolute atomic E-state index is 0.206. The maximum Gasteiger partial charge on any atom is 0.340 e. The first-order valence-corrected chi connectivity index (χ1v) is 10.1. The molecule has 0 aliphatic carbocycles.